The number of halogens is 1. The maximum Gasteiger partial charge on any atom is 0.293 e. The van der Waals surface area contributed by atoms with Crippen molar-refractivity contribution >= 4 is 17.4 Å². The van der Waals surface area contributed by atoms with Crippen molar-refractivity contribution in [2.75, 3.05) is 5.32 Å². The van der Waals surface area contributed by atoms with Gasteiger partial charge in [0.2, 0.25) is 0 Å². The molecule has 0 saturated heterocycles. The first kappa shape index (κ1) is 16.1. The van der Waals surface area contributed by atoms with Crippen molar-refractivity contribution < 1.29 is 0 Å². The van der Waals surface area contributed by atoms with Gasteiger partial charge in [-0.3, -0.25) is 4.79 Å². The molecule has 1 aromatic carbocycles. The zero-order chi connectivity index (χ0) is 16.4. The maximum absolute atomic E-state index is 12.6. The molecule has 1 aliphatic carbocycles. The first-order valence-electron chi connectivity index (χ1n) is 8.12. The fourth-order valence-electron chi connectivity index (χ4n) is 2.80. The van der Waals surface area contributed by atoms with Gasteiger partial charge in [0.05, 0.1) is 6.04 Å². The van der Waals surface area contributed by atoms with Crippen LogP contribution in [0.1, 0.15) is 38.3 Å². The Kier molecular flexibility index (Phi) is 4.71. The molecule has 0 bridgehead atoms. The minimum absolute atomic E-state index is 0.0548. The molecule has 1 aliphatic rings. The third-order valence-electron chi connectivity index (χ3n) is 4.09. The zero-order valence-electron chi connectivity index (χ0n) is 13.5. The molecule has 1 unspecified atom stereocenters. The molecule has 0 spiro atoms. The lowest BCUT2D eigenvalue weighted by atomic mass is 10.0. The molecule has 122 valence electrons. The van der Waals surface area contributed by atoms with E-state index in [-0.39, 0.29) is 11.6 Å². The van der Waals surface area contributed by atoms with Crippen LogP contribution in [-0.4, -0.2) is 9.55 Å². The lowest BCUT2D eigenvalue weighted by Crippen LogP contribution is -2.27. The van der Waals surface area contributed by atoms with E-state index in [2.05, 4.69) is 24.1 Å². The minimum Gasteiger partial charge on any atom is -0.358 e. The quantitative estimate of drug-likeness (QED) is 0.866. The van der Waals surface area contributed by atoms with E-state index in [1.165, 1.54) is 12.8 Å². The second-order valence-corrected chi connectivity index (χ2v) is 7.07. The first-order chi connectivity index (χ1) is 11.0. The lowest BCUT2D eigenvalue weighted by Gasteiger charge is -2.20. The van der Waals surface area contributed by atoms with E-state index in [9.17, 15) is 4.79 Å². The van der Waals surface area contributed by atoms with Crippen LogP contribution in [0.3, 0.4) is 0 Å². The number of nitrogens with one attached hydrogen (secondary N) is 1. The molecule has 0 radical (unpaired) electrons. The fourth-order valence-corrected chi connectivity index (χ4v) is 2.93. The van der Waals surface area contributed by atoms with Crippen molar-refractivity contribution in [3.8, 4) is 0 Å². The first-order valence-corrected chi connectivity index (χ1v) is 8.50. The number of anilines is 1. The highest BCUT2D eigenvalue weighted by Gasteiger charge is 2.33. The minimum atomic E-state index is -0.0548. The highest BCUT2D eigenvalue weighted by molar-refractivity contribution is 6.30. The van der Waals surface area contributed by atoms with Gasteiger partial charge in [-0.05, 0) is 42.4 Å². The Morgan fingerprint density at radius 1 is 1.30 bits per heavy atom. The Morgan fingerprint density at radius 3 is 2.61 bits per heavy atom. The van der Waals surface area contributed by atoms with Crippen LogP contribution in [0.4, 0.5) is 5.82 Å². The van der Waals surface area contributed by atoms with E-state index in [0.29, 0.717) is 24.2 Å². The third-order valence-corrected chi connectivity index (χ3v) is 4.34. The molecule has 0 amide bonds. The molecule has 1 atom stereocenters. The molecule has 4 nitrogen and oxygen atoms in total. The summed E-state index contributed by atoms with van der Waals surface area (Å²) in [7, 11) is 0. The molecular weight excluding hydrogens is 310 g/mol. The van der Waals surface area contributed by atoms with Gasteiger partial charge in [0.25, 0.3) is 5.56 Å². The van der Waals surface area contributed by atoms with Crippen LogP contribution in [0.2, 0.25) is 5.02 Å². The van der Waals surface area contributed by atoms with Crippen LogP contribution in [0.25, 0.3) is 0 Å². The van der Waals surface area contributed by atoms with Gasteiger partial charge in [-0.2, -0.15) is 0 Å². The molecule has 1 saturated carbocycles. The topological polar surface area (TPSA) is 46.9 Å². The van der Waals surface area contributed by atoms with Crippen LogP contribution >= 0.6 is 11.6 Å². The highest BCUT2D eigenvalue weighted by Crippen LogP contribution is 2.42. The molecule has 1 aromatic heterocycles. The fraction of sp³-hybridized carbons (Fsp3) is 0.444. The van der Waals surface area contributed by atoms with Gasteiger partial charge < -0.3 is 9.88 Å². The SMILES string of the molecule is CC(C)Cn1ccnc(NC(c2ccc(Cl)cc2)C2CC2)c1=O. The molecule has 5 heteroatoms. The number of hydrogen-bond acceptors (Lipinski definition) is 3. The summed E-state index contributed by atoms with van der Waals surface area (Å²) < 4.78 is 1.73. The molecule has 0 aliphatic heterocycles. The van der Waals surface area contributed by atoms with E-state index >= 15 is 0 Å². The largest absolute Gasteiger partial charge is 0.358 e. The van der Waals surface area contributed by atoms with Crippen molar-refractivity contribution in [3.05, 3.63) is 57.6 Å². The van der Waals surface area contributed by atoms with E-state index in [1.54, 1.807) is 17.0 Å². The summed E-state index contributed by atoms with van der Waals surface area (Å²) >= 11 is 5.98. The van der Waals surface area contributed by atoms with Gasteiger partial charge in [-0.15, -0.1) is 0 Å². The summed E-state index contributed by atoms with van der Waals surface area (Å²) in [5, 5.41) is 4.09. The molecule has 1 heterocycles. The van der Waals surface area contributed by atoms with Crippen molar-refractivity contribution in [3.63, 3.8) is 0 Å². The van der Waals surface area contributed by atoms with Crippen LogP contribution in [0.5, 0.6) is 0 Å². The average molecular weight is 332 g/mol. The van der Waals surface area contributed by atoms with E-state index < -0.39 is 0 Å². The van der Waals surface area contributed by atoms with Crippen LogP contribution < -0.4 is 10.9 Å². The Morgan fingerprint density at radius 2 is 2.00 bits per heavy atom. The molecule has 1 N–H and O–H groups in total. The highest BCUT2D eigenvalue weighted by atomic mass is 35.5. The summed E-state index contributed by atoms with van der Waals surface area (Å²) in [6, 6.07) is 7.94. The number of hydrogen-bond donors (Lipinski definition) is 1. The summed E-state index contributed by atoms with van der Waals surface area (Å²) in [5.74, 6) is 1.40. The van der Waals surface area contributed by atoms with Crippen molar-refractivity contribution in [2.24, 2.45) is 11.8 Å². The zero-order valence-corrected chi connectivity index (χ0v) is 14.3. The lowest BCUT2D eigenvalue weighted by molar-refractivity contribution is 0.509. The Balaban J connectivity index is 1.86. The smallest absolute Gasteiger partial charge is 0.293 e. The number of rotatable bonds is 6. The van der Waals surface area contributed by atoms with Crippen LogP contribution in [0, 0.1) is 11.8 Å². The Hall–Kier alpha value is -1.81. The standard InChI is InChI=1S/C18H22ClN3O/c1-12(2)11-22-10-9-20-17(18(22)23)21-16(13-3-4-13)14-5-7-15(19)8-6-14/h5-10,12-13,16H,3-4,11H2,1-2H3,(H,20,21). The maximum atomic E-state index is 12.6. The van der Waals surface area contributed by atoms with Gasteiger partial charge in [0.15, 0.2) is 5.82 Å². The molecule has 2 aromatic rings. The van der Waals surface area contributed by atoms with Gasteiger partial charge in [0, 0.05) is 24.0 Å². The van der Waals surface area contributed by atoms with Crippen LogP contribution in [-0.2, 0) is 6.54 Å². The van der Waals surface area contributed by atoms with Crippen molar-refractivity contribution in [2.45, 2.75) is 39.3 Å². The number of aromatic nitrogens is 2. The summed E-state index contributed by atoms with van der Waals surface area (Å²) in [5.41, 5.74) is 1.10. The summed E-state index contributed by atoms with van der Waals surface area (Å²) in [6.45, 7) is 4.90. The Bertz CT molecular complexity index is 720. The van der Waals surface area contributed by atoms with Crippen LogP contribution in [0.15, 0.2) is 41.5 Å². The van der Waals surface area contributed by atoms with E-state index in [1.807, 2.05) is 24.3 Å². The van der Waals surface area contributed by atoms with E-state index in [0.717, 1.165) is 10.6 Å². The third kappa shape index (κ3) is 3.94. The average Bonchev–Trinajstić information content (AvgIpc) is 3.33. The molecule has 23 heavy (non-hydrogen) atoms. The number of nitrogens with zero attached hydrogens (tertiary/aromatic N) is 2. The van der Waals surface area contributed by atoms with Crippen molar-refractivity contribution in [1.29, 1.82) is 0 Å². The van der Waals surface area contributed by atoms with Gasteiger partial charge in [0.1, 0.15) is 0 Å². The normalized spacial score (nSPS) is 15.7. The summed E-state index contributed by atoms with van der Waals surface area (Å²) in [6.07, 6.45) is 5.79. The molecular formula is C18H22ClN3O. The van der Waals surface area contributed by atoms with Gasteiger partial charge >= 0.3 is 0 Å². The molecule has 1 fully saturated rings. The second-order valence-electron chi connectivity index (χ2n) is 6.64. The van der Waals surface area contributed by atoms with Gasteiger partial charge in [-0.1, -0.05) is 37.6 Å². The summed E-state index contributed by atoms with van der Waals surface area (Å²) in [4.78, 5) is 16.9. The van der Waals surface area contributed by atoms with E-state index in [4.69, 9.17) is 11.6 Å². The number of benzene rings is 1. The second kappa shape index (κ2) is 6.75. The molecule has 3 rings (SSSR count). The van der Waals surface area contributed by atoms with Gasteiger partial charge in [-0.25, -0.2) is 4.98 Å². The Labute approximate surface area is 141 Å². The predicted octanol–water partition coefficient (Wildman–Crippen LogP) is 4.12. The van der Waals surface area contributed by atoms with Crippen molar-refractivity contribution in [1.82, 2.24) is 9.55 Å². The predicted molar refractivity (Wildman–Crippen MR) is 93.9 cm³/mol. The monoisotopic (exact) mass is 331 g/mol.